The summed E-state index contributed by atoms with van der Waals surface area (Å²) >= 11 is 1.52. The van der Waals surface area contributed by atoms with Crippen molar-refractivity contribution in [1.29, 1.82) is 0 Å². The molecule has 3 saturated heterocycles. The number of hydrogen-bond donors (Lipinski definition) is 4. The molecule has 4 N–H and O–H groups in total. The molecule has 0 aromatic rings. The first-order valence-corrected chi connectivity index (χ1v) is 13.8. The highest BCUT2D eigenvalue weighted by atomic mass is 32.2. The average Bonchev–Trinajstić information content (AvgIpc) is 3.30. The zero-order valence-corrected chi connectivity index (χ0v) is 22.1. The normalized spacial score (nSPS) is 33.5. The molecule has 6 atom stereocenters. The molecule has 4 rings (SSSR count). The summed E-state index contributed by atoms with van der Waals surface area (Å²) in [5, 5.41) is 26.5. The molecule has 0 aliphatic carbocycles. The van der Waals surface area contributed by atoms with E-state index in [1.807, 2.05) is 6.92 Å². The lowest BCUT2D eigenvalue weighted by Crippen LogP contribution is -2.63. The van der Waals surface area contributed by atoms with Crippen molar-refractivity contribution in [2.45, 2.75) is 69.4 Å². The zero-order chi connectivity index (χ0) is 25.5. The Morgan fingerprint density at radius 1 is 1.29 bits per heavy atom. The number of carbonyl (C=O) groups is 3. The van der Waals surface area contributed by atoms with Gasteiger partial charge in [-0.25, -0.2) is 4.79 Å². The molecule has 0 saturated carbocycles. The minimum atomic E-state index is -1.10. The van der Waals surface area contributed by atoms with Crippen LogP contribution in [-0.2, 0) is 14.4 Å². The SMILES string of the molecule is C[C@@H](O)[C@H]1C(=O)N2C(C(=O)O)=C(S[C@@H]3CN[C@H](CC(=O)NCCC4CC[N+](C)(C)CC4)C3)[C@H](C)[C@H]12. The zero-order valence-electron chi connectivity index (χ0n) is 21.3. The molecule has 9 nitrogen and oxygen atoms in total. The van der Waals surface area contributed by atoms with Crippen LogP contribution < -0.4 is 10.6 Å². The summed E-state index contributed by atoms with van der Waals surface area (Å²) in [5.74, 6) is -1.32. The van der Waals surface area contributed by atoms with Crippen LogP contribution in [-0.4, -0.2) is 101 Å². The van der Waals surface area contributed by atoms with E-state index in [4.69, 9.17) is 0 Å². The van der Waals surface area contributed by atoms with Crippen LogP contribution in [0.2, 0.25) is 0 Å². The largest absolute Gasteiger partial charge is 0.477 e. The quantitative estimate of drug-likeness (QED) is 0.270. The number of β-lactam (4-membered cyclic amide) rings is 1. The molecule has 0 unspecified atom stereocenters. The van der Waals surface area contributed by atoms with Gasteiger partial charge in [-0.3, -0.25) is 9.59 Å². The number of rotatable bonds is 9. The van der Waals surface area contributed by atoms with E-state index in [1.54, 1.807) is 6.92 Å². The van der Waals surface area contributed by atoms with Crippen LogP contribution in [0, 0.1) is 17.8 Å². The van der Waals surface area contributed by atoms with Crippen molar-refractivity contribution in [3.05, 3.63) is 10.6 Å². The number of carboxylic acids is 1. The summed E-state index contributed by atoms with van der Waals surface area (Å²) in [6, 6.07) is -0.226. The molecule has 0 radical (unpaired) electrons. The number of carbonyl (C=O) groups excluding carboxylic acids is 2. The number of quaternary nitrogens is 1. The van der Waals surface area contributed by atoms with E-state index >= 15 is 0 Å². The molecule has 0 bridgehead atoms. The predicted molar refractivity (Wildman–Crippen MR) is 134 cm³/mol. The van der Waals surface area contributed by atoms with E-state index in [-0.39, 0.29) is 40.8 Å². The van der Waals surface area contributed by atoms with E-state index in [0.717, 1.165) is 23.9 Å². The van der Waals surface area contributed by atoms with Gasteiger partial charge in [0.2, 0.25) is 11.8 Å². The van der Waals surface area contributed by atoms with Crippen molar-refractivity contribution < 1.29 is 29.1 Å². The minimum Gasteiger partial charge on any atom is -0.477 e. The Labute approximate surface area is 212 Å². The number of piperidine rings is 1. The molecule has 3 fully saturated rings. The summed E-state index contributed by atoms with van der Waals surface area (Å²) in [6.07, 6.45) is 3.88. The van der Waals surface area contributed by atoms with Gasteiger partial charge in [0.1, 0.15) is 5.70 Å². The molecule has 0 spiro atoms. The molecule has 196 valence electrons. The first kappa shape index (κ1) is 26.4. The number of aliphatic hydroxyl groups excluding tert-OH is 1. The third-order valence-electron chi connectivity index (χ3n) is 8.38. The van der Waals surface area contributed by atoms with Gasteiger partial charge >= 0.3 is 5.97 Å². The molecule has 2 amide bonds. The number of thioether (sulfide) groups is 1. The summed E-state index contributed by atoms with van der Waals surface area (Å²) in [4.78, 5) is 39.1. The smallest absolute Gasteiger partial charge is 0.353 e. The van der Waals surface area contributed by atoms with Crippen molar-refractivity contribution in [3.8, 4) is 0 Å². The van der Waals surface area contributed by atoms with Gasteiger partial charge in [-0.15, -0.1) is 11.8 Å². The number of hydrogen-bond acceptors (Lipinski definition) is 6. The second-order valence-electron chi connectivity index (χ2n) is 11.5. The van der Waals surface area contributed by atoms with Crippen LogP contribution in [0.5, 0.6) is 0 Å². The second kappa shape index (κ2) is 10.4. The van der Waals surface area contributed by atoms with Gasteiger partial charge in [0.15, 0.2) is 0 Å². The van der Waals surface area contributed by atoms with Crippen molar-refractivity contribution in [2.24, 2.45) is 17.8 Å². The number of carboxylic acid groups (broad SMARTS) is 1. The highest BCUT2D eigenvalue weighted by molar-refractivity contribution is 8.03. The van der Waals surface area contributed by atoms with E-state index < -0.39 is 18.0 Å². The Kier molecular flexibility index (Phi) is 7.85. The maximum Gasteiger partial charge on any atom is 0.353 e. The topological polar surface area (TPSA) is 119 Å². The van der Waals surface area contributed by atoms with Crippen molar-refractivity contribution in [2.75, 3.05) is 40.3 Å². The van der Waals surface area contributed by atoms with Crippen molar-refractivity contribution in [1.82, 2.24) is 15.5 Å². The van der Waals surface area contributed by atoms with Gasteiger partial charge in [0, 0.05) is 41.6 Å². The number of aliphatic hydroxyl groups is 1. The van der Waals surface area contributed by atoms with E-state index in [1.165, 1.54) is 42.6 Å². The van der Waals surface area contributed by atoms with Crippen molar-refractivity contribution in [3.63, 3.8) is 0 Å². The van der Waals surface area contributed by atoms with Crippen LogP contribution in [0.3, 0.4) is 0 Å². The molecule has 35 heavy (non-hydrogen) atoms. The monoisotopic (exact) mass is 509 g/mol. The predicted octanol–water partition coefficient (Wildman–Crippen LogP) is 0.987. The summed E-state index contributed by atoms with van der Waals surface area (Å²) in [5.41, 5.74) is 0.0699. The molecule has 0 aromatic heterocycles. The van der Waals surface area contributed by atoms with Gasteiger partial charge in [0.25, 0.3) is 0 Å². The third-order valence-corrected chi connectivity index (χ3v) is 9.89. The maximum absolute atomic E-state index is 12.5. The Morgan fingerprint density at radius 3 is 2.60 bits per heavy atom. The van der Waals surface area contributed by atoms with Crippen LogP contribution in [0.1, 0.15) is 46.0 Å². The Bertz CT molecular complexity index is 881. The Balaban J connectivity index is 1.24. The molecule has 10 heteroatoms. The van der Waals surface area contributed by atoms with E-state index in [9.17, 15) is 24.6 Å². The summed E-state index contributed by atoms with van der Waals surface area (Å²) in [7, 11) is 4.55. The van der Waals surface area contributed by atoms with Crippen LogP contribution in [0.4, 0.5) is 0 Å². The number of nitrogens with one attached hydrogen (secondary N) is 2. The Morgan fingerprint density at radius 2 is 1.97 bits per heavy atom. The standard InChI is InChI=1S/C25H40N4O5S/c1-14-21-20(15(2)30)24(32)28(21)22(25(33)34)23(14)35-18-11-17(27-13-18)12-19(31)26-8-5-16-6-9-29(3,4)10-7-16/h14-18,20-21,27,30H,5-13H2,1-4H3,(H-,26,31,33,34)/p+1/t14-,15-,17+,18+,20-,21-/m1/s1. The second-order valence-corrected chi connectivity index (χ2v) is 12.9. The maximum atomic E-state index is 12.5. The van der Waals surface area contributed by atoms with E-state index in [2.05, 4.69) is 24.7 Å². The highest BCUT2D eigenvalue weighted by Gasteiger charge is 2.60. The van der Waals surface area contributed by atoms with Crippen LogP contribution in [0.25, 0.3) is 0 Å². The highest BCUT2D eigenvalue weighted by Crippen LogP contribution is 2.51. The van der Waals surface area contributed by atoms with Crippen LogP contribution >= 0.6 is 11.8 Å². The van der Waals surface area contributed by atoms with Gasteiger partial charge in [-0.05, 0) is 38.5 Å². The van der Waals surface area contributed by atoms with Gasteiger partial charge in [0.05, 0.1) is 45.2 Å². The molecular weight excluding hydrogens is 468 g/mol. The average molecular weight is 510 g/mol. The molecule has 4 heterocycles. The number of nitrogens with zero attached hydrogens (tertiary/aromatic N) is 2. The number of amides is 2. The fraction of sp³-hybridized carbons (Fsp3) is 0.800. The van der Waals surface area contributed by atoms with E-state index in [0.29, 0.717) is 23.8 Å². The summed E-state index contributed by atoms with van der Waals surface area (Å²) in [6.45, 7) is 7.36. The number of fused-ring (bicyclic) bond motifs is 1. The number of aliphatic carboxylic acids is 1. The van der Waals surface area contributed by atoms with Gasteiger partial charge in [-0.2, -0.15) is 0 Å². The summed E-state index contributed by atoms with van der Waals surface area (Å²) < 4.78 is 1.09. The number of likely N-dealkylation sites (tertiary alicyclic amines) is 1. The third kappa shape index (κ3) is 5.55. The lowest BCUT2D eigenvalue weighted by atomic mass is 9.79. The van der Waals surface area contributed by atoms with Gasteiger partial charge < -0.3 is 30.2 Å². The van der Waals surface area contributed by atoms with Crippen LogP contribution in [0.15, 0.2) is 10.6 Å². The Hall–Kier alpha value is -1.62. The fourth-order valence-electron chi connectivity index (χ4n) is 6.21. The lowest BCUT2D eigenvalue weighted by molar-refractivity contribution is -0.896. The molecule has 0 aromatic carbocycles. The molecular formula is C25H41N4O5S+. The van der Waals surface area contributed by atoms with Crippen molar-refractivity contribution >= 4 is 29.5 Å². The van der Waals surface area contributed by atoms with Gasteiger partial charge in [-0.1, -0.05) is 6.92 Å². The lowest BCUT2D eigenvalue weighted by Gasteiger charge is -2.46. The fourth-order valence-corrected chi connectivity index (χ4v) is 7.72. The molecule has 4 aliphatic rings. The first-order chi connectivity index (χ1) is 16.5. The first-order valence-electron chi connectivity index (χ1n) is 13.0. The minimum absolute atomic E-state index is 0.0641. The molecule has 4 aliphatic heterocycles.